The van der Waals surface area contributed by atoms with E-state index in [1.54, 1.807) is 0 Å². The lowest BCUT2D eigenvalue weighted by Gasteiger charge is -2.28. The van der Waals surface area contributed by atoms with Crippen molar-refractivity contribution in [1.29, 1.82) is 0 Å². The fraction of sp³-hybridized carbons (Fsp3) is 0.588. The summed E-state index contributed by atoms with van der Waals surface area (Å²) in [7, 11) is 0. The van der Waals surface area contributed by atoms with Gasteiger partial charge in [0.1, 0.15) is 0 Å². The molecule has 1 aromatic rings. The van der Waals surface area contributed by atoms with Gasteiger partial charge >= 0.3 is 0 Å². The normalized spacial score (nSPS) is 17.7. The average Bonchev–Trinajstić information content (AvgIpc) is 2.41. The zero-order chi connectivity index (χ0) is 15.5. The number of aliphatic hydroxyl groups is 1. The van der Waals surface area contributed by atoms with Gasteiger partial charge in [-0.1, -0.05) is 32.9 Å². The standard InChI is InChI=1S/C17H26N2O2/c1-17(2,3)13-4-6-14(7-5-13)18-16(21)12-19-10-8-15(20)9-11-19/h4-7,15,20H,8-12H2,1-3H3,(H,18,21). The third-order valence-electron chi connectivity index (χ3n) is 3.96. The van der Waals surface area contributed by atoms with Crippen LogP contribution in [0.3, 0.4) is 0 Å². The largest absolute Gasteiger partial charge is 0.393 e. The zero-order valence-corrected chi connectivity index (χ0v) is 13.2. The molecule has 2 rings (SSSR count). The number of amides is 1. The first-order valence-corrected chi connectivity index (χ1v) is 7.65. The van der Waals surface area contributed by atoms with Gasteiger partial charge in [0, 0.05) is 18.8 Å². The Labute approximate surface area is 127 Å². The molecule has 1 aliphatic heterocycles. The summed E-state index contributed by atoms with van der Waals surface area (Å²) >= 11 is 0. The highest BCUT2D eigenvalue weighted by Gasteiger charge is 2.19. The van der Waals surface area contributed by atoms with E-state index in [1.165, 1.54) is 5.56 Å². The molecule has 1 aliphatic rings. The van der Waals surface area contributed by atoms with Crippen molar-refractivity contribution in [3.05, 3.63) is 29.8 Å². The number of hydrogen-bond donors (Lipinski definition) is 2. The van der Waals surface area contributed by atoms with Crippen LogP contribution in [0.15, 0.2) is 24.3 Å². The first-order valence-electron chi connectivity index (χ1n) is 7.65. The van der Waals surface area contributed by atoms with Crippen LogP contribution >= 0.6 is 0 Å². The second kappa shape index (κ2) is 6.58. The number of aliphatic hydroxyl groups excluding tert-OH is 1. The molecule has 0 saturated carbocycles. The molecule has 0 atom stereocenters. The number of carbonyl (C=O) groups is 1. The van der Waals surface area contributed by atoms with E-state index in [1.807, 2.05) is 12.1 Å². The van der Waals surface area contributed by atoms with Crippen LogP contribution in [0.2, 0.25) is 0 Å². The van der Waals surface area contributed by atoms with Gasteiger partial charge < -0.3 is 10.4 Å². The molecule has 4 nitrogen and oxygen atoms in total. The summed E-state index contributed by atoms with van der Waals surface area (Å²) in [5.74, 6) is 0.00917. The molecule has 2 N–H and O–H groups in total. The lowest BCUT2D eigenvalue weighted by Crippen LogP contribution is -2.40. The maximum absolute atomic E-state index is 12.0. The van der Waals surface area contributed by atoms with Crippen molar-refractivity contribution in [3.63, 3.8) is 0 Å². The Kier molecular flexibility index (Phi) is 5.01. The SMILES string of the molecule is CC(C)(C)c1ccc(NC(=O)CN2CCC(O)CC2)cc1. The fourth-order valence-corrected chi connectivity index (χ4v) is 2.53. The van der Waals surface area contributed by atoms with E-state index < -0.39 is 0 Å². The van der Waals surface area contributed by atoms with Crippen molar-refractivity contribution in [3.8, 4) is 0 Å². The third kappa shape index (κ3) is 4.83. The van der Waals surface area contributed by atoms with Gasteiger partial charge in [-0.05, 0) is 36.0 Å². The van der Waals surface area contributed by atoms with Gasteiger partial charge in [-0.15, -0.1) is 0 Å². The van der Waals surface area contributed by atoms with Crippen molar-refractivity contribution in [2.75, 3.05) is 25.0 Å². The summed E-state index contributed by atoms with van der Waals surface area (Å²) in [5, 5.41) is 12.4. The van der Waals surface area contributed by atoms with Crippen molar-refractivity contribution in [2.24, 2.45) is 0 Å². The second-order valence-electron chi connectivity index (χ2n) is 6.88. The first kappa shape index (κ1) is 16.0. The summed E-state index contributed by atoms with van der Waals surface area (Å²) < 4.78 is 0. The lowest BCUT2D eigenvalue weighted by molar-refractivity contribution is -0.117. The summed E-state index contributed by atoms with van der Waals surface area (Å²) in [5.41, 5.74) is 2.22. The van der Waals surface area contributed by atoms with Crippen LogP contribution in [0, 0.1) is 0 Å². The predicted octanol–water partition coefficient (Wildman–Crippen LogP) is 2.38. The van der Waals surface area contributed by atoms with Crippen LogP contribution in [0.1, 0.15) is 39.2 Å². The summed E-state index contributed by atoms with van der Waals surface area (Å²) in [6, 6.07) is 8.04. The molecule has 1 heterocycles. The lowest BCUT2D eigenvalue weighted by atomic mass is 9.87. The minimum Gasteiger partial charge on any atom is -0.393 e. The molecular formula is C17H26N2O2. The van der Waals surface area contributed by atoms with Gasteiger partial charge in [-0.3, -0.25) is 9.69 Å². The molecule has 0 radical (unpaired) electrons. The number of anilines is 1. The minimum atomic E-state index is -0.200. The number of nitrogens with one attached hydrogen (secondary N) is 1. The Balaban J connectivity index is 1.85. The smallest absolute Gasteiger partial charge is 0.238 e. The molecule has 21 heavy (non-hydrogen) atoms. The van der Waals surface area contributed by atoms with Gasteiger partial charge in [-0.25, -0.2) is 0 Å². The Morgan fingerprint density at radius 2 is 1.81 bits per heavy atom. The summed E-state index contributed by atoms with van der Waals surface area (Å²) in [6.45, 7) is 8.49. The Morgan fingerprint density at radius 1 is 1.24 bits per heavy atom. The van der Waals surface area contributed by atoms with Crippen molar-refractivity contribution >= 4 is 11.6 Å². The molecule has 1 fully saturated rings. The van der Waals surface area contributed by atoms with Gasteiger partial charge in [0.25, 0.3) is 0 Å². The number of rotatable bonds is 3. The van der Waals surface area contributed by atoms with Crippen LogP contribution in [-0.4, -0.2) is 41.7 Å². The van der Waals surface area contributed by atoms with Gasteiger partial charge in [0.05, 0.1) is 12.6 Å². The number of carbonyl (C=O) groups excluding carboxylic acids is 1. The highest BCUT2D eigenvalue weighted by molar-refractivity contribution is 5.92. The Hall–Kier alpha value is -1.39. The molecule has 0 aliphatic carbocycles. The molecule has 1 aromatic carbocycles. The minimum absolute atomic E-state index is 0.00917. The van der Waals surface area contributed by atoms with Crippen LogP contribution in [0.5, 0.6) is 0 Å². The van der Waals surface area contributed by atoms with Crippen LogP contribution in [-0.2, 0) is 10.2 Å². The number of benzene rings is 1. The highest BCUT2D eigenvalue weighted by atomic mass is 16.3. The van der Waals surface area contributed by atoms with E-state index in [0.717, 1.165) is 31.6 Å². The molecule has 1 saturated heterocycles. The summed E-state index contributed by atoms with van der Waals surface area (Å²) in [6.07, 6.45) is 1.32. The average molecular weight is 290 g/mol. The predicted molar refractivity (Wildman–Crippen MR) is 85.5 cm³/mol. The maximum Gasteiger partial charge on any atom is 0.238 e. The van der Waals surface area contributed by atoms with Crippen molar-refractivity contribution < 1.29 is 9.90 Å². The van der Waals surface area contributed by atoms with Crippen LogP contribution in [0.25, 0.3) is 0 Å². The van der Waals surface area contributed by atoms with E-state index in [4.69, 9.17) is 0 Å². The topological polar surface area (TPSA) is 52.6 Å². The van der Waals surface area contributed by atoms with Gasteiger partial charge in [-0.2, -0.15) is 0 Å². The fourth-order valence-electron chi connectivity index (χ4n) is 2.53. The van der Waals surface area contributed by atoms with E-state index in [2.05, 4.69) is 43.1 Å². The second-order valence-corrected chi connectivity index (χ2v) is 6.88. The van der Waals surface area contributed by atoms with E-state index in [9.17, 15) is 9.90 Å². The zero-order valence-electron chi connectivity index (χ0n) is 13.2. The first-order chi connectivity index (χ1) is 9.84. The molecule has 1 amide bonds. The monoisotopic (exact) mass is 290 g/mol. The number of hydrogen-bond acceptors (Lipinski definition) is 3. The number of likely N-dealkylation sites (tertiary alicyclic amines) is 1. The molecule has 116 valence electrons. The van der Waals surface area contributed by atoms with Crippen LogP contribution in [0.4, 0.5) is 5.69 Å². The molecule has 0 unspecified atom stereocenters. The molecule has 0 bridgehead atoms. The number of piperidine rings is 1. The van der Waals surface area contributed by atoms with Crippen molar-refractivity contribution in [2.45, 2.75) is 45.1 Å². The maximum atomic E-state index is 12.0. The quantitative estimate of drug-likeness (QED) is 0.898. The Bertz CT molecular complexity index is 469. The van der Waals surface area contributed by atoms with Gasteiger partial charge in [0.2, 0.25) is 5.91 Å². The highest BCUT2D eigenvalue weighted by Crippen LogP contribution is 2.23. The molecular weight excluding hydrogens is 264 g/mol. The summed E-state index contributed by atoms with van der Waals surface area (Å²) in [4.78, 5) is 14.1. The van der Waals surface area contributed by atoms with Gasteiger partial charge in [0.15, 0.2) is 0 Å². The molecule has 0 aromatic heterocycles. The van der Waals surface area contributed by atoms with E-state index in [-0.39, 0.29) is 17.4 Å². The van der Waals surface area contributed by atoms with Crippen LogP contribution < -0.4 is 5.32 Å². The Morgan fingerprint density at radius 3 is 2.33 bits per heavy atom. The van der Waals surface area contributed by atoms with Crippen molar-refractivity contribution in [1.82, 2.24) is 4.90 Å². The number of nitrogens with zero attached hydrogens (tertiary/aromatic N) is 1. The molecule has 4 heteroatoms. The molecule has 0 spiro atoms. The van der Waals surface area contributed by atoms with E-state index >= 15 is 0 Å². The van der Waals surface area contributed by atoms with E-state index in [0.29, 0.717) is 6.54 Å². The third-order valence-corrected chi connectivity index (χ3v) is 3.96.